The number of nitrogens with zero attached hydrogens (tertiary/aromatic N) is 2. The van der Waals surface area contributed by atoms with Gasteiger partial charge in [0.25, 0.3) is 0 Å². The van der Waals surface area contributed by atoms with E-state index >= 15 is 0 Å². The minimum absolute atomic E-state index is 0.171. The van der Waals surface area contributed by atoms with Crippen molar-refractivity contribution >= 4 is 11.6 Å². The maximum absolute atomic E-state index is 12.7. The van der Waals surface area contributed by atoms with Gasteiger partial charge < -0.3 is 15.2 Å². The second-order valence-corrected chi connectivity index (χ2v) is 4.11. The molecule has 0 fully saturated rings. The molecule has 0 aliphatic carbocycles. The first-order valence-corrected chi connectivity index (χ1v) is 5.87. The zero-order valence-electron chi connectivity index (χ0n) is 10.6. The van der Waals surface area contributed by atoms with Gasteiger partial charge in [-0.05, 0) is 24.3 Å². The quantitative estimate of drug-likeness (QED) is 0.853. The Hall–Kier alpha value is -2.21. The molecule has 1 aromatic heterocycles. The maximum Gasteiger partial charge on any atom is 0.238 e. The molecule has 100 valence electrons. The van der Waals surface area contributed by atoms with Crippen LogP contribution in [0.5, 0.6) is 0 Å². The number of aromatic nitrogens is 2. The number of halogens is 1. The molecule has 2 N–H and O–H groups in total. The molecule has 0 aliphatic heterocycles. The van der Waals surface area contributed by atoms with E-state index < -0.39 is 0 Å². The lowest BCUT2D eigenvalue weighted by molar-refractivity contribution is -0.115. The first-order chi connectivity index (χ1) is 9.15. The minimum atomic E-state index is -0.328. The normalized spacial score (nSPS) is 10.4. The lowest BCUT2D eigenvalue weighted by atomic mass is 10.3. The molecule has 0 radical (unpaired) electrons. The van der Waals surface area contributed by atoms with Gasteiger partial charge in [-0.15, -0.1) is 0 Å². The Morgan fingerprint density at radius 3 is 2.74 bits per heavy atom. The van der Waals surface area contributed by atoms with Gasteiger partial charge in [0, 0.05) is 25.1 Å². The molecule has 0 atom stereocenters. The highest BCUT2D eigenvalue weighted by Gasteiger charge is 2.03. The van der Waals surface area contributed by atoms with E-state index in [0.29, 0.717) is 12.2 Å². The minimum Gasteiger partial charge on any atom is -0.337 e. The van der Waals surface area contributed by atoms with Crippen LogP contribution in [0.4, 0.5) is 10.1 Å². The van der Waals surface area contributed by atoms with Gasteiger partial charge in [-0.25, -0.2) is 9.37 Å². The molecule has 1 heterocycles. The SMILES string of the molecule is Cn1ccnc1CNCC(=O)Nc1ccc(F)cc1. The first kappa shape index (κ1) is 13.2. The summed E-state index contributed by atoms with van der Waals surface area (Å²) in [5.41, 5.74) is 0.574. The lowest BCUT2D eigenvalue weighted by Crippen LogP contribution is -2.28. The van der Waals surface area contributed by atoms with Gasteiger partial charge in [-0.1, -0.05) is 0 Å². The molecule has 19 heavy (non-hydrogen) atoms. The largest absolute Gasteiger partial charge is 0.337 e. The summed E-state index contributed by atoms with van der Waals surface area (Å²) in [4.78, 5) is 15.7. The van der Waals surface area contributed by atoms with Crippen molar-refractivity contribution in [3.05, 3.63) is 48.3 Å². The van der Waals surface area contributed by atoms with Crippen LogP contribution in [-0.2, 0) is 18.4 Å². The van der Waals surface area contributed by atoms with Gasteiger partial charge in [0.1, 0.15) is 11.6 Å². The number of amides is 1. The number of nitrogens with one attached hydrogen (secondary N) is 2. The average molecular weight is 262 g/mol. The summed E-state index contributed by atoms with van der Waals surface area (Å²) in [6.07, 6.45) is 3.55. The van der Waals surface area contributed by atoms with Crippen molar-refractivity contribution in [3.8, 4) is 0 Å². The molecule has 0 spiro atoms. The van der Waals surface area contributed by atoms with E-state index in [2.05, 4.69) is 15.6 Å². The van der Waals surface area contributed by atoms with Crippen molar-refractivity contribution in [2.24, 2.45) is 7.05 Å². The second-order valence-electron chi connectivity index (χ2n) is 4.11. The zero-order valence-corrected chi connectivity index (χ0v) is 10.6. The fraction of sp³-hybridized carbons (Fsp3) is 0.231. The number of carbonyl (C=O) groups excluding carboxylic acids is 1. The Morgan fingerprint density at radius 2 is 2.11 bits per heavy atom. The van der Waals surface area contributed by atoms with Gasteiger partial charge >= 0.3 is 0 Å². The molecule has 6 heteroatoms. The van der Waals surface area contributed by atoms with Crippen molar-refractivity contribution in [2.75, 3.05) is 11.9 Å². The van der Waals surface area contributed by atoms with E-state index in [1.165, 1.54) is 24.3 Å². The van der Waals surface area contributed by atoms with Crippen LogP contribution in [0.3, 0.4) is 0 Å². The van der Waals surface area contributed by atoms with Crippen LogP contribution < -0.4 is 10.6 Å². The van der Waals surface area contributed by atoms with Crippen molar-refractivity contribution in [2.45, 2.75) is 6.54 Å². The molecule has 1 aromatic carbocycles. The van der Waals surface area contributed by atoms with Crippen molar-refractivity contribution in [1.29, 1.82) is 0 Å². The standard InChI is InChI=1S/C13H15FN4O/c1-18-7-6-16-12(18)8-15-9-13(19)17-11-4-2-10(14)3-5-11/h2-7,15H,8-9H2,1H3,(H,17,19). The number of carbonyl (C=O) groups is 1. The number of imidazole rings is 1. The molecule has 0 saturated heterocycles. The number of anilines is 1. The Morgan fingerprint density at radius 1 is 1.37 bits per heavy atom. The van der Waals surface area contributed by atoms with E-state index in [4.69, 9.17) is 0 Å². The van der Waals surface area contributed by atoms with Crippen LogP contribution in [-0.4, -0.2) is 22.0 Å². The van der Waals surface area contributed by atoms with Crippen LogP contribution in [0.1, 0.15) is 5.82 Å². The average Bonchev–Trinajstić information content (AvgIpc) is 2.78. The molecule has 2 aromatic rings. The summed E-state index contributed by atoms with van der Waals surface area (Å²) < 4.78 is 14.6. The van der Waals surface area contributed by atoms with Crippen LogP contribution in [0, 0.1) is 5.82 Å². The lowest BCUT2D eigenvalue weighted by Gasteiger charge is -2.06. The maximum atomic E-state index is 12.7. The second kappa shape index (κ2) is 6.10. The van der Waals surface area contributed by atoms with Crippen LogP contribution >= 0.6 is 0 Å². The Balaban J connectivity index is 1.76. The topological polar surface area (TPSA) is 59.0 Å². The summed E-state index contributed by atoms with van der Waals surface area (Å²) in [5, 5.41) is 5.66. The van der Waals surface area contributed by atoms with E-state index in [0.717, 1.165) is 5.82 Å². The van der Waals surface area contributed by atoms with Gasteiger partial charge in [0.2, 0.25) is 5.91 Å². The highest BCUT2D eigenvalue weighted by atomic mass is 19.1. The molecular weight excluding hydrogens is 247 g/mol. The number of rotatable bonds is 5. The summed E-state index contributed by atoms with van der Waals surface area (Å²) in [6.45, 7) is 0.685. The summed E-state index contributed by atoms with van der Waals surface area (Å²) in [6, 6.07) is 5.64. The van der Waals surface area contributed by atoms with E-state index in [1.54, 1.807) is 6.20 Å². The number of hydrogen-bond acceptors (Lipinski definition) is 3. The first-order valence-electron chi connectivity index (χ1n) is 5.87. The Labute approximate surface area is 110 Å². The van der Waals surface area contributed by atoms with Gasteiger partial charge in [-0.2, -0.15) is 0 Å². The van der Waals surface area contributed by atoms with Gasteiger partial charge in [0.15, 0.2) is 0 Å². The highest BCUT2D eigenvalue weighted by Crippen LogP contribution is 2.07. The Kier molecular flexibility index (Phi) is 4.25. The molecule has 0 unspecified atom stereocenters. The van der Waals surface area contributed by atoms with Crippen molar-refractivity contribution in [1.82, 2.24) is 14.9 Å². The Bertz CT molecular complexity index is 550. The van der Waals surface area contributed by atoms with Crippen molar-refractivity contribution < 1.29 is 9.18 Å². The van der Waals surface area contributed by atoms with Crippen LogP contribution in [0.25, 0.3) is 0 Å². The zero-order chi connectivity index (χ0) is 13.7. The molecule has 1 amide bonds. The molecule has 2 rings (SSSR count). The molecule has 5 nitrogen and oxygen atoms in total. The fourth-order valence-electron chi connectivity index (χ4n) is 1.59. The molecular formula is C13H15FN4O. The van der Waals surface area contributed by atoms with E-state index in [1.807, 2.05) is 17.8 Å². The third-order valence-electron chi connectivity index (χ3n) is 2.62. The van der Waals surface area contributed by atoms with Crippen LogP contribution in [0.2, 0.25) is 0 Å². The third-order valence-corrected chi connectivity index (χ3v) is 2.62. The monoisotopic (exact) mass is 262 g/mol. The smallest absolute Gasteiger partial charge is 0.238 e. The summed E-state index contributed by atoms with van der Waals surface area (Å²) in [5.74, 6) is 0.348. The van der Waals surface area contributed by atoms with Gasteiger partial charge in [0.05, 0.1) is 13.1 Å². The highest BCUT2D eigenvalue weighted by molar-refractivity contribution is 5.92. The van der Waals surface area contributed by atoms with E-state index in [-0.39, 0.29) is 18.3 Å². The number of benzene rings is 1. The predicted molar refractivity (Wildman–Crippen MR) is 69.9 cm³/mol. The summed E-state index contributed by atoms with van der Waals surface area (Å²) in [7, 11) is 1.89. The van der Waals surface area contributed by atoms with E-state index in [9.17, 15) is 9.18 Å². The van der Waals surface area contributed by atoms with Crippen LogP contribution in [0.15, 0.2) is 36.7 Å². The number of aryl methyl sites for hydroxylation is 1. The molecule has 0 bridgehead atoms. The van der Waals surface area contributed by atoms with Crippen molar-refractivity contribution in [3.63, 3.8) is 0 Å². The fourth-order valence-corrected chi connectivity index (χ4v) is 1.59. The number of hydrogen-bond donors (Lipinski definition) is 2. The van der Waals surface area contributed by atoms with Gasteiger partial charge in [-0.3, -0.25) is 4.79 Å². The summed E-state index contributed by atoms with van der Waals surface area (Å²) >= 11 is 0. The third kappa shape index (κ3) is 3.89. The molecule has 0 aliphatic rings. The predicted octanol–water partition coefficient (Wildman–Crippen LogP) is 1.29. The molecule has 0 saturated carbocycles.